The molecule has 1 unspecified atom stereocenters. The SMILES string of the molecule is CO/N=C(\C#N)C(=O)NC1=NOC(C)(CCl)C1. The average Bonchev–Trinajstić information content (AvgIpc) is 2.68. The van der Waals surface area contributed by atoms with Gasteiger partial charge in [0.05, 0.1) is 12.3 Å². The summed E-state index contributed by atoms with van der Waals surface area (Å²) < 4.78 is 0. The van der Waals surface area contributed by atoms with Gasteiger partial charge >= 0.3 is 0 Å². The topological polar surface area (TPSA) is 96.1 Å². The lowest BCUT2D eigenvalue weighted by molar-refractivity contribution is -0.113. The van der Waals surface area contributed by atoms with Crippen molar-refractivity contribution in [3.05, 3.63) is 0 Å². The third-order valence-corrected chi connectivity index (χ3v) is 2.53. The maximum absolute atomic E-state index is 11.5. The zero-order valence-corrected chi connectivity index (χ0v) is 10.1. The molecule has 1 heterocycles. The lowest BCUT2D eigenvalue weighted by Crippen LogP contribution is -2.37. The van der Waals surface area contributed by atoms with Gasteiger partial charge in [0.25, 0.3) is 5.91 Å². The largest absolute Gasteiger partial charge is 0.398 e. The molecule has 17 heavy (non-hydrogen) atoms. The maximum atomic E-state index is 11.5. The Morgan fingerprint density at radius 1 is 1.88 bits per heavy atom. The van der Waals surface area contributed by atoms with Crippen LogP contribution < -0.4 is 5.32 Å². The van der Waals surface area contributed by atoms with Gasteiger partial charge in [-0.25, -0.2) is 0 Å². The van der Waals surface area contributed by atoms with Gasteiger partial charge in [-0.1, -0.05) is 10.3 Å². The molecule has 0 aliphatic carbocycles. The highest BCUT2D eigenvalue weighted by Gasteiger charge is 2.34. The molecule has 1 amide bonds. The molecule has 0 aromatic rings. The standard InChI is InChI=1S/C9H11ClN4O3/c1-9(5-10)3-7(14-17-9)12-8(15)6(4-11)13-16-2/h3,5H2,1-2H3,(H,12,14,15)/b13-6+. The van der Waals surface area contributed by atoms with Gasteiger partial charge in [-0.2, -0.15) is 5.26 Å². The Balaban J connectivity index is 2.61. The first-order valence-electron chi connectivity index (χ1n) is 4.68. The highest BCUT2D eigenvalue weighted by Crippen LogP contribution is 2.23. The molecule has 8 heteroatoms. The fourth-order valence-electron chi connectivity index (χ4n) is 1.12. The summed E-state index contributed by atoms with van der Waals surface area (Å²) in [5.74, 6) is -0.152. The fraction of sp³-hybridized carbons (Fsp3) is 0.556. The van der Waals surface area contributed by atoms with Gasteiger partial charge in [-0.15, -0.1) is 11.6 Å². The summed E-state index contributed by atoms with van der Waals surface area (Å²) in [6, 6.07) is 1.60. The Kier molecular flexibility index (Phi) is 4.29. The normalized spacial score (nSPS) is 23.4. The van der Waals surface area contributed by atoms with Crippen LogP contribution in [0.4, 0.5) is 0 Å². The highest BCUT2D eigenvalue weighted by atomic mass is 35.5. The quantitative estimate of drug-likeness (QED) is 0.449. The maximum Gasteiger partial charge on any atom is 0.289 e. The molecule has 92 valence electrons. The number of halogens is 1. The van der Waals surface area contributed by atoms with Crippen molar-refractivity contribution in [1.29, 1.82) is 5.26 Å². The fourth-order valence-corrected chi connectivity index (χ4v) is 1.26. The minimum absolute atomic E-state index is 0.243. The van der Waals surface area contributed by atoms with E-state index in [0.717, 1.165) is 0 Å². The molecule has 1 N–H and O–H groups in total. The number of carbonyl (C=O) groups excluding carboxylic acids is 1. The van der Waals surface area contributed by atoms with Crippen molar-refractivity contribution in [2.24, 2.45) is 10.3 Å². The molecule has 1 aliphatic heterocycles. The van der Waals surface area contributed by atoms with Crippen LogP contribution in [0.25, 0.3) is 0 Å². The van der Waals surface area contributed by atoms with Crippen molar-refractivity contribution < 1.29 is 14.5 Å². The van der Waals surface area contributed by atoms with Gasteiger partial charge < -0.3 is 15.0 Å². The molecule has 0 radical (unpaired) electrons. The predicted octanol–water partition coefficient (Wildman–Crippen LogP) is 0.360. The van der Waals surface area contributed by atoms with E-state index in [-0.39, 0.29) is 5.88 Å². The summed E-state index contributed by atoms with van der Waals surface area (Å²) in [4.78, 5) is 20.9. The van der Waals surface area contributed by atoms with Crippen LogP contribution in [0.15, 0.2) is 10.3 Å². The van der Waals surface area contributed by atoms with E-state index in [9.17, 15) is 4.79 Å². The minimum atomic E-state index is -0.699. The predicted molar refractivity (Wildman–Crippen MR) is 60.5 cm³/mol. The van der Waals surface area contributed by atoms with E-state index in [1.807, 2.05) is 0 Å². The second kappa shape index (κ2) is 5.50. The van der Waals surface area contributed by atoms with Gasteiger partial charge in [0.15, 0.2) is 11.4 Å². The van der Waals surface area contributed by atoms with Crippen molar-refractivity contribution in [3.8, 4) is 6.07 Å². The molecule has 1 rings (SSSR count). The molecular weight excluding hydrogens is 248 g/mol. The van der Waals surface area contributed by atoms with E-state index < -0.39 is 17.2 Å². The van der Waals surface area contributed by atoms with E-state index in [4.69, 9.17) is 21.7 Å². The Morgan fingerprint density at radius 2 is 2.59 bits per heavy atom. The van der Waals surface area contributed by atoms with Crippen LogP contribution in [0, 0.1) is 11.3 Å². The highest BCUT2D eigenvalue weighted by molar-refractivity contribution is 6.47. The van der Waals surface area contributed by atoms with Gasteiger partial charge in [-0.3, -0.25) is 4.79 Å². The van der Waals surface area contributed by atoms with Crippen LogP contribution in [0.1, 0.15) is 13.3 Å². The van der Waals surface area contributed by atoms with Gasteiger partial charge in [0.1, 0.15) is 13.2 Å². The molecule has 7 nitrogen and oxygen atoms in total. The molecule has 0 aromatic heterocycles. The number of oxime groups is 2. The Bertz CT molecular complexity index is 415. The first kappa shape index (κ1) is 13.3. The molecule has 1 aliphatic rings. The van der Waals surface area contributed by atoms with E-state index in [0.29, 0.717) is 12.3 Å². The van der Waals surface area contributed by atoms with Crippen molar-refractivity contribution in [2.75, 3.05) is 13.0 Å². The van der Waals surface area contributed by atoms with Crippen LogP contribution in [0.5, 0.6) is 0 Å². The smallest absolute Gasteiger partial charge is 0.289 e. The number of carbonyl (C=O) groups is 1. The molecule has 0 fully saturated rings. The second-order valence-electron chi connectivity index (χ2n) is 3.58. The van der Waals surface area contributed by atoms with Gasteiger partial charge in [0.2, 0.25) is 5.71 Å². The number of nitrogens with one attached hydrogen (secondary N) is 1. The van der Waals surface area contributed by atoms with Crippen LogP contribution in [-0.4, -0.2) is 36.0 Å². The van der Waals surface area contributed by atoms with E-state index in [1.54, 1.807) is 13.0 Å². The van der Waals surface area contributed by atoms with Gasteiger partial charge in [-0.05, 0) is 6.92 Å². The molecule has 0 bridgehead atoms. The number of nitrogens with zero attached hydrogens (tertiary/aromatic N) is 3. The Hall–Kier alpha value is -1.81. The van der Waals surface area contributed by atoms with Gasteiger partial charge in [0, 0.05) is 0 Å². The van der Waals surface area contributed by atoms with Crippen molar-refractivity contribution in [3.63, 3.8) is 0 Å². The lowest BCUT2D eigenvalue weighted by atomic mass is 10.1. The molecule has 0 saturated heterocycles. The lowest BCUT2D eigenvalue weighted by Gasteiger charge is -2.16. The Labute approximate surface area is 103 Å². The van der Waals surface area contributed by atoms with E-state index >= 15 is 0 Å². The van der Waals surface area contributed by atoms with Crippen LogP contribution in [0.3, 0.4) is 0 Å². The van der Waals surface area contributed by atoms with E-state index in [1.165, 1.54) is 7.11 Å². The molecule has 0 aromatic carbocycles. The number of amides is 1. The summed E-state index contributed by atoms with van der Waals surface area (Å²) >= 11 is 5.68. The van der Waals surface area contributed by atoms with Crippen LogP contribution in [-0.2, 0) is 14.5 Å². The number of nitriles is 1. The van der Waals surface area contributed by atoms with Crippen molar-refractivity contribution in [1.82, 2.24) is 5.32 Å². The molecular formula is C9H11ClN4O3. The van der Waals surface area contributed by atoms with Crippen molar-refractivity contribution in [2.45, 2.75) is 18.9 Å². The number of rotatable bonds is 3. The summed E-state index contributed by atoms with van der Waals surface area (Å²) in [6.07, 6.45) is 0.355. The third-order valence-electron chi connectivity index (χ3n) is 1.96. The molecule has 0 saturated carbocycles. The van der Waals surface area contributed by atoms with Crippen molar-refractivity contribution >= 4 is 29.1 Å². The number of alkyl halides is 1. The van der Waals surface area contributed by atoms with E-state index in [2.05, 4.69) is 20.5 Å². The number of amidine groups is 1. The monoisotopic (exact) mass is 258 g/mol. The number of hydrogen-bond donors (Lipinski definition) is 1. The minimum Gasteiger partial charge on any atom is -0.398 e. The average molecular weight is 259 g/mol. The second-order valence-corrected chi connectivity index (χ2v) is 3.85. The summed E-state index contributed by atoms with van der Waals surface area (Å²) in [7, 11) is 1.24. The molecule has 1 atom stereocenters. The zero-order chi connectivity index (χ0) is 12.9. The third kappa shape index (κ3) is 3.32. The van der Waals surface area contributed by atoms with Crippen LogP contribution >= 0.6 is 11.6 Å². The first-order chi connectivity index (χ1) is 8.04. The molecule has 0 spiro atoms. The summed E-state index contributed by atoms with van der Waals surface area (Å²) in [5, 5.41) is 18.0. The summed E-state index contributed by atoms with van der Waals surface area (Å²) in [6.45, 7) is 1.76. The zero-order valence-electron chi connectivity index (χ0n) is 9.36. The van der Waals surface area contributed by atoms with Crippen LogP contribution in [0.2, 0.25) is 0 Å². The number of hydrogen-bond acceptors (Lipinski definition) is 6. The first-order valence-corrected chi connectivity index (χ1v) is 5.21. The summed E-state index contributed by atoms with van der Waals surface area (Å²) in [5.41, 5.74) is -1.02. The Morgan fingerprint density at radius 3 is 3.06 bits per heavy atom.